The number of aryl methyl sites for hydroxylation is 1. The van der Waals surface area contributed by atoms with E-state index in [1.807, 2.05) is 27.7 Å². The minimum absolute atomic E-state index is 0.104. The molecule has 0 aliphatic rings. The fraction of sp³-hybridized carbons (Fsp3) is 0.368. The number of nitrogens with zero attached hydrogens (tertiary/aromatic N) is 1. The molecule has 0 bridgehead atoms. The van der Waals surface area contributed by atoms with Crippen molar-refractivity contribution in [3.05, 3.63) is 52.2 Å². The first-order chi connectivity index (χ1) is 11.6. The minimum atomic E-state index is -0.510. The molecular formula is C19H23FN2O2S. The van der Waals surface area contributed by atoms with Gasteiger partial charge in [0.1, 0.15) is 5.82 Å². The van der Waals surface area contributed by atoms with E-state index in [9.17, 15) is 14.0 Å². The van der Waals surface area contributed by atoms with Crippen LogP contribution in [-0.2, 0) is 11.3 Å². The summed E-state index contributed by atoms with van der Waals surface area (Å²) < 4.78 is 13.8. The number of hydrogen-bond acceptors (Lipinski definition) is 3. The highest BCUT2D eigenvalue weighted by Crippen LogP contribution is 2.29. The smallest absolute Gasteiger partial charge is 0.264 e. The third-order valence-corrected chi connectivity index (χ3v) is 4.88. The molecule has 1 heterocycles. The van der Waals surface area contributed by atoms with Gasteiger partial charge in [-0.15, -0.1) is 11.3 Å². The molecule has 0 saturated heterocycles. The second-order valence-corrected chi connectivity index (χ2v) is 8.13. The number of carbonyl (C=O) groups is 2. The number of anilines is 1. The molecule has 0 atom stereocenters. The van der Waals surface area contributed by atoms with Crippen LogP contribution in [0.3, 0.4) is 0 Å². The highest BCUT2D eigenvalue weighted by atomic mass is 32.1. The van der Waals surface area contributed by atoms with Gasteiger partial charge in [0, 0.05) is 24.6 Å². The van der Waals surface area contributed by atoms with Crippen molar-refractivity contribution in [2.45, 2.75) is 34.2 Å². The summed E-state index contributed by atoms with van der Waals surface area (Å²) in [6, 6.07) is 8.19. The fourth-order valence-electron chi connectivity index (χ4n) is 2.18. The summed E-state index contributed by atoms with van der Waals surface area (Å²) in [4.78, 5) is 26.8. The Hall–Kier alpha value is -2.21. The molecule has 0 radical (unpaired) electrons. The van der Waals surface area contributed by atoms with Crippen molar-refractivity contribution in [1.82, 2.24) is 4.90 Å². The average molecular weight is 362 g/mol. The summed E-state index contributed by atoms with van der Waals surface area (Å²) >= 11 is 1.24. The van der Waals surface area contributed by atoms with E-state index < -0.39 is 5.41 Å². The lowest BCUT2D eigenvalue weighted by Gasteiger charge is -2.17. The van der Waals surface area contributed by atoms with Gasteiger partial charge < -0.3 is 10.2 Å². The van der Waals surface area contributed by atoms with Crippen LogP contribution in [0, 0.1) is 18.2 Å². The molecule has 2 aromatic rings. The van der Waals surface area contributed by atoms with Gasteiger partial charge in [0.25, 0.3) is 5.91 Å². The molecule has 4 nitrogen and oxygen atoms in total. The topological polar surface area (TPSA) is 49.4 Å². The summed E-state index contributed by atoms with van der Waals surface area (Å²) in [6.45, 7) is 7.51. The van der Waals surface area contributed by atoms with E-state index >= 15 is 0 Å². The Balaban J connectivity index is 2.14. The largest absolute Gasteiger partial charge is 0.337 e. The minimum Gasteiger partial charge on any atom is -0.337 e. The van der Waals surface area contributed by atoms with E-state index in [2.05, 4.69) is 5.32 Å². The van der Waals surface area contributed by atoms with Crippen molar-refractivity contribution >= 4 is 28.2 Å². The van der Waals surface area contributed by atoms with Crippen LogP contribution >= 0.6 is 11.3 Å². The number of thiophene rings is 1. The van der Waals surface area contributed by atoms with Crippen LogP contribution in [0.5, 0.6) is 0 Å². The van der Waals surface area contributed by atoms with Crippen molar-refractivity contribution in [2.24, 2.45) is 5.41 Å². The number of halogens is 1. The zero-order valence-electron chi connectivity index (χ0n) is 15.1. The molecule has 1 N–H and O–H groups in total. The second-order valence-electron chi connectivity index (χ2n) is 7.08. The van der Waals surface area contributed by atoms with Gasteiger partial charge in [-0.3, -0.25) is 9.59 Å². The lowest BCUT2D eigenvalue weighted by atomic mass is 9.96. The Morgan fingerprint density at radius 3 is 2.48 bits per heavy atom. The van der Waals surface area contributed by atoms with Crippen molar-refractivity contribution in [2.75, 3.05) is 12.4 Å². The van der Waals surface area contributed by atoms with E-state index in [0.717, 1.165) is 5.56 Å². The number of amides is 2. The highest BCUT2D eigenvalue weighted by molar-refractivity contribution is 7.18. The SMILES string of the molecule is Cc1cc(NC(=O)C(C)(C)C)sc1C(=O)N(C)Cc1ccccc1F. The molecule has 25 heavy (non-hydrogen) atoms. The Labute approximate surface area is 151 Å². The zero-order valence-corrected chi connectivity index (χ0v) is 16.0. The van der Waals surface area contributed by atoms with Crippen LogP contribution in [0.25, 0.3) is 0 Å². The average Bonchev–Trinajstić information content (AvgIpc) is 2.88. The first-order valence-electron chi connectivity index (χ1n) is 8.00. The molecular weight excluding hydrogens is 339 g/mol. The van der Waals surface area contributed by atoms with Gasteiger partial charge in [-0.1, -0.05) is 39.0 Å². The molecule has 2 amide bonds. The summed E-state index contributed by atoms with van der Waals surface area (Å²) in [5.74, 6) is -0.627. The van der Waals surface area contributed by atoms with Gasteiger partial charge in [0.15, 0.2) is 0 Å². The van der Waals surface area contributed by atoms with E-state index in [1.165, 1.54) is 22.3 Å². The summed E-state index contributed by atoms with van der Waals surface area (Å²) in [6.07, 6.45) is 0. The molecule has 0 fully saturated rings. The van der Waals surface area contributed by atoms with Crippen molar-refractivity contribution < 1.29 is 14.0 Å². The molecule has 1 aromatic heterocycles. The van der Waals surface area contributed by atoms with Gasteiger partial charge in [-0.05, 0) is 24.6 Å². The summed E-state index contributed by atoms with van der Waals surface area (Å²) in [7, 11) is 1.64. The van der Waals surface area contributed by atoms with Gasteiger partial charge in [0.2, 0.25) is 5.91 Å². The number of carbonyl (C=O) groups excluding carboxylic acids is 2. The third-order valence-electron chi connectivity index (χ3n) is 3.74. The monoisotopic (exact) mass is 362 g/mol. The lowest BCUT2D eigenvalue weighted by molar-refractivity contribution is -0.123. The Morgan fingerprint density at radius 1 is 1.24 bits per heavy atom. The number of hydrogen-bond donors (Lipinski definition) is 1. The van der Waals surface area contributed by atoms with Gasteiger partial charge >= 0.3 is 0 Å². The van der Waals surface area contributed by atoms with Crippen LogP contribution in [0.4, 0.5) is 9.39 Å². The molecule has 0 aliphatic heterocycles. The maximum Gasteiger partial charge on any atom is 0.264 e. The Kier molecular flexibility index (Phi) is 5.62. The number of benzene rings is 1. The molecule has 0 aliphatic carbocycles. The fourth-order valence-corrected chi connectivity index (χ4v) is 3.25. The highest BCUT2D eigenvalue weighted by Gasteiger charge is 2.24. The third kappa shape index (κ3) is 4.66. The first kappa shape index (κ1) is 19.1. The molecule has 2 rings (SSSR count). The molecule has 0 unspecified atom stereocenters. The van der Waals surface area contributed by atoms with E-state index in [0.29, 0.717) is 15.4 Å². The maximum absolute atomic E-state index is 13.8. The van der Waals surface area contributed by atoms with Crippen LogP contribution < -0.4 is 5.32 Å². The quantitative estimate of drug-likeness (QED) is 0.873. The van der Waals surface area contributed by atoms with Crippen LogP contribution in [0.15, 0.2) is 30.3 Å². The Bertz CT molecular complexity index is 793. The second kappa shape index (κ2) is 7.35. The molecule has 134 valence electrons. The standard InChI is InChI=1S/C19H23FN2O2S/c1-12-10-15(21-18(24)19(2,3)4)25-16(12)17(23)22(5)11-13-8-6-7-9-14(13)20/h6-10H,11H2,1-5H3,(H,21,24). The van der Waals surface area contributed by atoms with Crippen molar-refractivity contribution in [1.29, 1.82) is 0 Å². The van der Waals surface area contributed by atoms with Crippen molar-refractivity contribution in [3.8, 4) is 0 Å². The summed E-state index contributed by atoms with van der Waals surface area (Å²) in [5.41, 5.74) is 0.748. The van der Waals surface area contributed by atoms with Gasteiger partial charge in [-0.25, -0.2) is 4.39 Å². The molecule has 0 spiro atoms. The predicted molar refractivity (Wildman–Crippen MR) is 99.3 cm³/mol. The zero-order chi connectivity index (χ0) is 18.8. The number of nitrogens with one attached hydrogen (secondary N) is 1. The summed E-state index contributed by atoms with van der Waals surface area (Å²) in [5, 5.41) is 3.48. The van der Waals surface area contributed by atoms with E-state index in [1.54, 1.807) is 31.3 Å². The molecule has 0 saturated carbocycles. The molecule has 1 aromatic carbocycles. The van der Waals surface area contributed by atoms with Crippen LogP contribution in [0.2, 0.25) is 0 Å². The lowest BCUT2D eigenvalue weighted by Crippen LogP contribution is -2.27. The van der Waals surface area contributed by atoms with E-state index in [-0.39, 0.29) is 24.2 Å². The normalized spacial score (nSPS) is 11.3. The maximum atomic E-state index is 13.8. The predicted octanol–water partition coefficient (Wildman–Crippen LogP) is 4.45. The van der Waals surface area contributed by atoms with Gasteiger partial charge in [0.05, 0.1) is 9.88 Å². The van der Waals surface area contributed by atoms with Crippen LogP contribution in [-0.4, -0.2) is 23.8 Å². The number of rotatable bonds is 4. The Morgan fingerprint density at radius 2 is 1.88 bits per heavy atom. The van der Waals surface area contributed by atoms with Crippen LogP contribution in [0.1, 0.15) is 41.6 Å². The van der Waals surface area contributed by atoms with Gasteiger partial charge in [-0.2, -0.15) is 0 Å². The molecule has 6 heteroatoms. The van der Waals surface area contributed by atoms with Crippen molar-refractivity contribution in [3.63, 3.8) is 0 Å². The van der Waals surface area contributed by atoms with E-state index in [4.69, 9.17) is 0 Å². The first-order valence-corrected chi connectivity index (χ1v) is 8.82.